The minimum atomic E-state index is -0.762. The third-order valence-corrected chi connectivity index (χ3v) is 5.41. The quantitative estimate of drug-likeness (QED) is 0.871. The maximum atomic E-state index is 12.4. The molecule has 1 aromatic rings. The Hall–Kier alpha value is -0.910. The molecule has 1 amide bonds. The zero-order valence-corrected chi connectivity index (χ0v) is 13.6. The summed E-state index contributed by atoms with van der Waals surface area (Å²) in [5.41, 5.74) is 6.82. The van der Waals surface area contributed by atoms with Crippen LogP contribution in [-0.2, 0) is 14.9 Å². The van der Waals surface area contributed by atoms with Crippen molar-refractivity contribution in [3.63, 3.8) is 0 Å². The van der Waals surface area contributed by atoms with Crippen LogP contribution in [0, 0.1) is 0 Å². The second kappa shape index (κ2) is 5.71. The number of nitrogens with one attached hydrogen (secondary N) is 1. The molecule has 1 aromatic carbocycles. The number of halogens is 1. The van der Waals surface area contributed by atoms with Gasteiger partial charge in [-0.15, -0.1) is 0 Å². The molecule has 0 radical (unpaired) electrons. The summed E-state index contributed by atoms with van der Waals surface area (Å²) < 4.78 is 6.41. The second-order valence-electron chi connectivity index (χ2n) is 6.21. The highest BCUT2D eigenvalue weighted by Crippen LogP contribution is 2.49. The van der Waals surface area contributed by atoms with E-state index in [1.54, 1.807) is 0 Å². The van der Waals surface area contributed by atoms with Crippen molar-refractivity contribution >= 4 is 21.8 Å². The van der Waals surface area contributed by atoms with E-state index < -0.39 is 5.54 Å². The van der Waals surface area contributed by atoms with Gasteiger partial charge in [-0.3, -0.25) is 4.79 Å². The Kier molecular flexibility index (Phi) is 4.08. The lowest BCUT2D eigenvalue weighted by molar-refractivity contribution is -0.129. The molecule has 1 saturated carbocycles. The number of nitrogens with two attached hydrogens (primary N) is 1. The number of carbonyl (C=O) groups excluding carboxylic acids is 1. The van der Waals surface area contributed by atoms with Crippen molar-refractivity contribution in [2.75, 3.05) is 19.8 Å². The Morgan fingerprint density at radius 1 is 1.24 bits per heavy atom. The summed E-state index contributed by atoms with van der Waals surface area (Å²) in [6, 6.07) is 8.25. The van der Waals surface area contributed by atoms with Crippen LogP contribution in [0.25, 0.3) is 0 Å². The van der Waals surface area contributed by atoms with E-state index in [4.69, 9.17) is 10.5 Å². The smallest absolute Gasteiger partial charge is 0.240 e. The molecule has 0 unspecified atom stereocenters. The summed E-state index contributed by atoms with van der Waals surface area (Å²) in [7, 11) is 0. The molecule has 21 heavy (non-hydrogen) atoms. The normalized spacial score (nSPS) is 22.6. The van der Waals surface area contributed by atoms with E-state index in [9.17, 15) is 4.79 Å². The maximum absolute atomic E-state index is 12.4. The standard InChI is InChI=1S/C16H21BrN2O2/c17-13-4-2-1-3-12(13)15(5-6-15)11-19-14(20)16(18)7-9-21-10-8-16/h1-4H,5-11,18H2,(H,19,20). The molecule has 0 aromatic heterocycles. The first-order valence-electron chi connectivity index (χ1n) is 7.46. The van der Waals surface area contributed by atoms with Crippen molar-refractivity contribution in [2.45, 2.75) is 36.6 Å². The lowest BCUT2D eigenvalue weighted by atomic mass is 9.89. The summed E-state index contributed by atoms with van der Waals surface area (Å²) in [6.07, 6.45) is 3.41. The van der Waals surface area contributed by atoms with Crippen molar-refractivity contribution in [1.82, 2.24) is 5.32 Å². The molecule has 114 valence electrons. The fraction of sp³-hybridized carbons (Fsp3) is 0.562. The zero-order valence-electron chi connectivity index (χ0n) is 12.0. The molecule has 0 spiro atoms. The fourth-order valence-corrected chi connectivity index (χ4v) is 3.68. The molecule has 0 bridgehead atoms. The average molecular weight is 353 g/mol. The fourth-order valence-electron chi connectivity index (χ4n) is 2.97. The van der Waals surface area contributed by atoms with Gasteiger partial charge in [-0.2, -0.15) is 0 Å². The maximum Gasteiger partial charge on any atom is 0.240 e. The van der Waals surface area contributed by atoms with Crippen LogP contribution in [0.1, 0.15) is 31.2 Å². The molecular weight excluding hydrogens is 332 g/mol. The first-order valence-corrected chi connectivity index (χ1v) is 8.25. The van der Waals surface area contributed by atoms with E-state index in [0.717, 1.165) is 17.3 Å². The van der Waals surface area contributed by atoms with E-state index >= 15 is 0 Å². The number of ether oxygens (including phenoxy) is 1. The number of amides is 1. The molecule has 1 aliphatic heterocycles. The van der Waals surface area contributed by atoms with Gasteiger partial charge in [-0.1, -0.05) is 34.1 Å². The Morgan fingerprint density at radius 2 is 1.90 bits per heavy atom. The summed E-state index contributed by atoms with van der Waals surface area (Å²) in [5, 5.41) is 3.08. The van der Waals surface area contributed by atoms with Crippen molar-refractivity contribution in [1.29, 1.82) is 0 Å². The van der Waals surface area contributed by atoms with Crippen LogP contribution in [0.2, 0.25) is 0 Å². The summed E-state index contributed by atoms with van der Waals surface area (Å²) in [6.45, 7) is 1.80. The second-order valence-corrected chi connectivity index (χ2v) is 7.07. The number of carbonyl (C=O) groups is 1. The van der Waals surface area contributed by atoms with Crippen LogP contribution in [0.3, 0.4) is 0 Å². The van der Waals surface area contributed by atoms with Crippen molar-refractivity contribution < 1.29 is 9.53 Å². The number of hydrogen-bond donors (Lipinski definition) is 2. The van der Waals surface area contributed by atoms with E-state index in [1.807, 2.05) is 12.1 Å². The molecule has 1 heterocycles. The van der Waals surface area contributed by atoms with Gasteiger partial charge in [0.2, 0.25) is 5.91 Å². The minimum absolute atomic E-state index is 0.0378. The predicted molar refractivity (Wildman–Crippen MR) is 85.0 cm³/mol. The molecule has 3 N–H and O–H groups in total. The molecule has 5 heteroatoms. The van der Waals surface area contributed by atoms with Gasteiger partial charge in [-0.25, -0.2) is 0 Å². The lowest BCUT2D eigenvalue weighted by Gasteiger charge is -2.32. The molecule has 2 fully saturated rings. The van der Waals surface area contributed by atoms with Gasteiger partial charge in [-0.05, 0) is 37.3 Å². The lowest BCUT2D eigenvalue weighted by Crippen LogP contribution is -2.57. The SMILES string of the molecule is NC1(C(=O)NCC2(c3ccccc3Br)CC2)CCOCC1. The van der Waals surface area contributed by atoms with Gasteiger partial charge in [0, 0.05) is 29.6 Å². The van der Waals surface area contributed by atoms with Crippen LogP contribution >= 0.6 is 15.9 Å². The summed E-state index contributed by atoms with van der Waals surface area (Å²) in [5.74, 6) is -0.0378. The van der Waals surface area contributed by atoms with Crippen LogP contribution in [0.15, 0.2) is 28.7 Å². The molecular formula is C16H21BrN2O2. The highest BCUT2D eigenvalue weighted by molar-refractivity contribution is 9.10. The highest BCUT2D eigenvalue weighted by Gasteiger charge is 2.46. The average Bonchev–Trinajstić information content (AvgIpc) is 3.27. The van der Waals surface area contributed by atoms with Crippen LogP contribution in [0.4, 0.5) is 0 Å². The number of hydrogen-bond acceptors (Lipinski definition) is 3. The van der Waals surface area contributed by atoms with Gasteiger partial charge in [0.25, 0.3) is 0 Å². The molecule has 1 saturated heterocycles. The number of rotatable bonds is 4. The Morgan fingerprint density at radius 3 is 2.52 bits per heavy atom. The van der Waals surface area contributed by atoms with Crippen molar-refractivity contribution in [2.24, 2.45) is 5.73 Å². The zero-order chi connectivity index (χ0) is 14.9. The van der Waals surface area contributed by atoms with Gasteiger partial charge < -0.3 is 15.8 Å². The van der Waals surface area contributed by atoms with E-state index in [2.05, 4.69) is 33.4 Å². The minimum Gasteiger partial charge on any atom is -0.381 e. The van der Waals surface area contributed by atoms with Crippen LogP contribution in [-0.4, -0.2) is 31.2 Å². The first-order chi connectivity index (χ1) is 10.1. The monoisotopic (exact) mass is 352 g/mol. The van der Waals surface area contributed by atoms with Crippen molar-refractivity contribution in [3.8, 4) is 0 Å². The van der Waals surface area contributed by atoms with E-state index in [-0.39, 0.29) is 11.3 Å². The van der Waals surface area contributed by atoms with E-state index in [0.29, 0.717) is 32.6 Å². The topological polar surface area (TPSA) is 64.4 Å². The van der Waals surface area contributed by atoms with Gasteiger partial charge in [0.05, 0.1) is 5.54 Å². The summed E-state index contributed by atoms with van der Waals surface area (Å²) in [4.78, 5) is 12.4. The molecule has 0 atom stereocenters. The number of benzene rings is 1. The highest BCUT2D eigenvalue weighted by atomic mass is 79.9. The van der Waals surface area contributed by atoms with Crippen LogP contribution < -0.4 is 11.1 Å². The largest absolute Gasteiger partial charge is 0.381 e. The van der Waals surface area contributed by atoms with E-state index in [1.165, 1.54) is 5.56 Å². The Balaban J connectivity index is 1.65. The van der Waals surface area contributed by atoms with Gasteiger partial charge in [0.15, 0.2) is 0 Å². The van der Waals surface area contributed by atoms with Crippen molar-refractivity contribution in [3.05, 3.63) is 34.3 Å². The molecule has 3 rings (SSSR count). The van der Waals surface area contributed by atoms with Gasteiger partial charge >= 0.3 is 0 Å². The summed E-state index contributed by atoms with van der Waals surface area (Å²) >= 11 is 3.61. The third-order valence-electron chi connectivity index (χ3n) is 4.72. The predicted octanol–water partition coefficient (Wildman–Crippen LogP) is 2.10. The van der Waals surface area contributed by atoms with Crippen LogP contribution in [0.5, 0.6) is 0 Å². The molecule has 4 nitrogen and oxygen atoms in total. The Bertz CT molecular complexity index is 537. The third kappa shape index (κ3) is 3.00. The molecule has 1 aliphatic carbocycles. The molecule has 2 aliphatic rings. The first kappa shape index (κ1) is 15.0. The van der Waals surface area contributed by atoms with Gasteiger partial charge in [0.1, 0.15) is 0 Å². The Labute approximate surface area is 133 Å².